The SMILES string of the molecule is CCOc1cccn2c(C(=O)C[C@@H](CO)c3cccc(F)c3)c(C)nc12. The minimum absolute atomic E-state index is 0.0629. The summed E-state index contributed by atoms with van der Waals surface area (Å²) in [4.78, 5) is 17.4. The zero-order valence-corrected chi connectivity index (χ0v) is 14.8. The van der Waals surface area contributed by atoms with E-state index in [1.165, 1.54) is 12.1 Å². The first kappa shape index (κ1) is 18.1. The van der Waals surface area contributed by atoms with E-state index in [0.717, 1.165) is 0 Å². The highest BCUT2D eigenvalue weighted by molar-refractivity contribution is 5.97. The Balaban J connectivity index is 1.94. The summed E-state index contributed by atoms with van der Waals surface area (Å²) in [5.41, 5.74) is 2.23. The number of ketones is 1. The molecule has 3 aromatic rings. The smallest absolute Gasteiger partial charge is 0.182 e. The molecule has 0 radical (unpaired) electrons. The Bertz CT molecular complexity index is 936. The van der Waals surface area contributed by atoms with Crippen molar-refractivity contribution in [3.8, 4) is 5.75 Å². The first-order valence-electron chi connectivity index (χ1n) is 8.55. The lowest BCUT2D eigenvalue weighted by atomic mass is 9.93. The molecular weight excluding hydrogens is 335 g/mol. The zero-order chi connectivity index (χ0) is 18.7. The molecule has 1 atom stereocenters. The van der Waals surface area contributed by atoms with Crippen molar-refractivity contribution in [2.45, 2.75) is 26.2 Å². The Morgan fingerprint density at radius 2 is 2.15 bits per heavy atom. The van der Waals surface area contributed by atoms with Gasteiger partial charge in [-0.3, -0.25) is 9.20 Å². The minimum Gasteiger partial charge on any atom is -0.490 e. The van der Waals surface area contributed by atoms with Crippen molar-refractivity contribution in [2.75, 3.05) is 13.2 Å². The van der Waals surface area contributed by atoms with Crippen molar-refractivity contribution in [1.29, 1.82) is 0 Å². The summed E-state index contributed by atoms with van der Waals surface area (Å²) in [6.45, 7) is 3.92. The second-order valence-electron chi connectivity index (χ2n) is 6.11. The summed E-state index contributed by atoms with van der Waals surface area (Å²) in [5.74, 6) is -0.410. The highest BCUT2D eigenvalue weighted by Gasteiger charge is 2.23. The number of aromatic nitrogens is 2. The van der Waals surface area contributed by atoms with Crippen LogP contribution in [0.5, 0.6) is 5.75 Å². The maximum Gasteiger partial charge on any atom is 0.182 e. The molecule has 1 aromatic carbocycles. The number of imidazole rings is 1. The van der Waals surface area contributed by atoms with Gasteiger partial charge in [0, 0.05) is 18.5 Å². The lowest BCUT2D eigenvalue weighted by Gasteiger charge is -2.14. The van der Waals surface area contributed by atoms with Gasteiger partial charge in [-0.1, -0.05) is 12.1 Å². The molecule has 2 aromatic heterocycles. The molecule has 6 heteroatoms. The van der Waals surface area contributed by atoms with Crippen LogP contribution in [0.15, 0.2) is 42.6 Å². The molecular formula is C20H21FN2O3. The van der Waals surface area contributed by atoms with Crippen molar-refractivity contribution in [2.24, 2.45) is 0 Å². The molecule has 0 bridgehead atoms. The van der Waals surface area contributed by atoms with Gasteiger partial charge in [0.15, 0.2) is 17.2 Å². The number of hydrogen-bond donors (Lipinski definition) is 1. The van der Waals surface area contributed by atoms with Gasteiger partial charge in [0.2, 0.25) is 0 Å². The van der Waals surface area contributed by atoms with Crippen molar-refractivity contribution in [3.05, 3.63) is 65.4 Å². The molecule has 3 rings (SSSR count). The number of nitrogens with zero attached hydrogens (tertiary/aromatic N) is 2. The molecule has 0 saturated heterocycles. The predicted octanol–water partition coefficient (Wildman–Crippen LogP) is 3.53. The minimum atomic E-state index is -0.474. The van der Waals surface area contributed by atoms with Gasteiger partial charge in [0.1, 0.15) is 11.5 Å². The van der Waals surface area contributed by atoms with Crippen LogP contribution in [-0.4, -0.2) is 33.5 Å². The van der Waals surface area contributed by atoms with Gasteiger partial charge in [0.25, 0.3) is 0 Å². The van der Waals surface area contributed by atoms with E-state index in [2.05, 4.69) is 4.98 Å². The Labute approximate surface area is 151 Å². The molecule has 5 nitrogen and oxygen atoms in total. The van der Waals surface area contributed by atoms with E-state index in [4.69, 9.17) is 4.74 Å². The quantitative estimate of drug-likeness (QED) is 0.658. The first-order valence-corrected chi connectivity index (χ1v) is 8.55. The fourth-order valence-electron chi connectivity index (χ4n) is 3.13. The largest absolute Gasteiger partial charge is 0.490 e. The van der Waals surface area contributed by atoms with Crippen LogP contribution in [0.4, 0.5) is 4.39 Å². The van der Waals surface area contributed by atoms with Crippen molar-refractivity contribution in [3.63, 3.8) is 0 Å². The van der Waals surface area contributed by atoms with E-state index in [1.54, 1.807) is 35.7 Å². The number of benzene rings is 1. The molecule has 0 aliphatic heterocycles. The molecule has 1 N–H and O–H groups in total. The van der Waals surface area contributed by atoms with Gasteiger partial charge >= 0.3 is 0 Å². The third kappa shape index (κ3) is 3.46. The molecule has 0 saturated carbocycles. The average molecular weight is 356 g/mol. The lowest BCUT2D eigenvalue weighted by Crippen LogP contribution is -2.14. The highest BCUT2D eigenvalue weighted by Crippen LogP contribution is 2.26. The summed E-state index contributed by atoms with van der Waals surface area (Å²) in [6.07, 6.45) is 1.83. The summed E-state index contributed by atoms with van der Waals surface area (Å²) in [5, 5.41) is 9.70. The molecule has 2 heterocycles. The van der Waals surface area contributed by atoms with E-state index < -0.39 is 5.92 Å². The summed E-state index contributed by atoms with van der Waals surface area (Å²) in [6, 6.07) is 9.58. The second kappa shape index (κ2) is 7.66. The van der Waals surface area contributed by atoms with Crippen LogP contribution in [0.3, 0.4) is 0 Å². The number of ether oxygens (including phenoxy) is 1. The summed E-state index contributed by atoms with van der Waals surface area (Å²) < 4.78 is 20.8. The second-order valence-corrected chi connectivity index (χ2v) is 6.11. The number of aryl methyl sites for hydroxylation is 1. The van der Waals surface area contributed by atoms with Crippen molar-refractivity contribution >= 4 is 11.4 Å². The van der Waals surface area contributed by atoms with Gasteiger partial charge in [0.05, 0.1) is 18.9 Å². The van der Waals surface area contributed by atoms with Crippen LogP contribution in [0.1, 0.15) is 41.0 Å². The topological polar surface area (TPSA) is 63.8 Å². The number of Topliss-reactive ketones (excluding diaryl/α,β-unsaturated/α-hetero) is 1. The number of hydrogen-bond acceptors (Lipinski definition) is 4. The maximum atomic E-state index is 13.5. The number of aliphatic hydroxyl groups is 1. The first-order chi connectivity index (χ1) is 12.5. The molecule has 0 unspecified atom stereocenters. The Morgan fingerprint density at radius 1 is 1.35 bits per heavy atom. The van der Waals surface area contributed by atoms with Crippen LogP contribution in [0.2, 0.25) is 0 Å². The molecule has 136 valence electrons. The average Bonchev–Trinajstić information content (AvgIpc) is 2.97. The van der Waals surface area contributed by atoms with Gasteiger partial charge in [-0.05, 0) is 43.7 Å². The standard InChI is InChI=1S/C20H21FN2O3/c1-3-26-18-8-5-9-23-19(13(2)22-20(18)23)17(25)11-15(12-24)14-6-4-7-16(21)10-14/h4-10,15,24H,3,11-12H2,1-2H3/t15-/m0/s1. The van der Waals surface area contributed by atoms with E-state index in [1.807, 2.05) is 13.0 Å². The Kier molecular flexibility index (Phi) is 5.32. The zero-order valence-electron chi connectivity index (χ0n) is 14.8. The maximum absolute atomic E-state index is 13.5. The van der Waals surface area contributed by atoms with Crippen LogP contribution < -0.4 is 4.74 Å². The number of carbonyl (C=O) groups excluding carboxylic acids is 1. The summed E-state index contributed by atoms with van der Waals surface area (Å²) >= 11 is 0. The van der Waals surface area contributed by atoms with E-state index >= 15 is 0 Å². The number of aliphatic hydroxyl groups excluding tert-OH is 1. The van der Waals surface area contributed by atoms with Gasteiger partial charge in [-0.25, -0.2) is 9.37 Å². The number of halogens is 1. The van der Waals surface area contributed by atoms with Crippen LogP contribution >= 0.6 is 0 Å². The normalized spacial score (nSPS) is 12.3. The van der Waals surface area contributed by atoms with Gasteiger partial charge < -0.3 is 9.84 Å². The van der Waals surface area contributed by atoms with Crippen LogP contribution in [0, 0.1) is 12.7 Å². The van der Waals surface area contributed by atoms with Crippen LogP contribution in [0.25, 0.3) is 5.65 Å². The fourth-order valence-corrected chi connectivity index (χ4v) is 3.13. The lowest BCUT2D eigenvalue weighted by molar-refractivity contribution is 0.0953. The fraction of sp³-hybridized carbons (Fsp3) is 0.300. The van der Waals surface area contributed by atoms with E-state index in [9.17, 15) is 14.3 Å². The number of carbonyl (C=O) groups is 1. The molecule has 26 heavy (non-hydrogen) atoms. The molecule has 0 spiro atoms. The number of rotatable bonds is 7. The van der Waals surface area contributed by atoms with Gasteiger partial charge in [-0.15, -0.1) is 0 Å². The van der Waals surface area contributed by atoms with E-state index in [0.29, 0.717) is 35.0 Å². The van der Waals surface area contributed by atoms with Crippen LogP contribution in [-0.2, 0) is 0 Å². The van der Waals surface area contributed by atoms with Gasteiger partial charge in [-0.2, -0.15) is 0 Å². The predicted molar refractivity (Wildman–Crippen MR) is 96.3 cm³/mol. The monoisotopic (exact) mass is 356 g/mol. The summed E-state index contributed by atoms with van der Waals surface area (Å²) in [7, 11) is 0. The Morgan fingerprint density at radius 3 is 2.85 bits per heavy atom. The third-order valence-electron chi connectivity index (χ3n) is 4.32. The van der Waals surface area contributed by atoms with Crippen molar-refractivity contribution in [1.82, 2.24) is 9.38 Å². The number of fused-ring (bicyclic) bond motifs is 1. The highest BCUT2D eigenvalue weighted by atomic mass is 19.1. The molecule has 0 fully saturated rings. The Hall–Kier alpha value is -2.73. The molecule has 0 aliphatic carbocycles. The third-order valence-corrected chi connectivity index (χ3v) is 4.32. The molecule has 0 aliphatic rings. The van der Waals surface area contributed by atoms with E-state index in [-0.39, 0.29) is 24.6 Å². The molecule has 0 amide bonds. The number of pyridine rings is 1. The van der Waals surface area contributed by atoms with Crippen molar-refractivity contribution < 1.29 is 19.0 Å².